The van der Waals surface area contributed by atoms with E-state index in [0.717, 1.165) is 18.7 Å². The van der Waals surface area contributed by atoms with Gasteiger partial charge in [0.05, 0.1) is 0 Å². The first-order valence-corrected chi connectivity index (χ1v) is 6.16. The Bertz CT molecular complexity index is 129. The van der Waals surface area contributed by atoms with Crippen LogP contribution in [0.25, 0.3) is 0 Å². The van der Waals surface area contributed by atoms with Crippen LogP contribution in [-0.4, -0.2) is 23.0 Å². The van der Waals surface area contributed by atoms with Gasteiger partial charge in [0.2, 0.25) is 0 Å². The maximum Gasteiger partial charge on any atom is 0.322 e. The van der Waals surface area contributed by atoms with Crippen LogP contribution in [0, 0.1) is 0 Å². The van der Waals surface area contributed by atoms with Gasteiger partial charge in [-0.2, -0.15) is 0 Å². The van der Waals surface area contributed by atoms with E-state index < -0.39 is 0 Å². The van der Waals surface area contributed by atoms with Gasteiger partial charge in [-0.05, 0) is 24.8 Å². The van der Waals surface area contributed by atoms with Crippen LogP contribution < -0.4 is 0 Å². The molecule has 0 aliphatic carbocycles. The van der Waals surface area contributed by atoms with E-state index in [4.69, 9.17) is 0 Å². The third kappa shape index (κ3) is 5.19. The first-order valence-electron chi connectivity index (χ1n) is 5.22. The fraction of sp³-hybridized carbons (Fsp3) is 0.900. The minimum atomic E-state index is 0.883. The maximum atomic E-state index is 10.5. The number of nitrogens with zero attached hydrogens (tertiary/aromatic N) is 1. The molecule has 2 nitrogen and oxygen atoms in total. The second-order valence-electron chi connectivity index (χ2n) is 3.50. The third-order valence-corrected chi connectivity index (χ3v) is 3.39. The molecule has 1 aliphatic rings. The van der Waals surface area contributed by atoms with E-state index in [2.05, 4.69) is 0 Å². The molecule has 1 rings (SSSR count). The van der Waals surface area contributed by atoms with Gasteiger partial charge in [-0.25, -0.2) is 0 Å². The molecule has 0 N–H and O–H groups in total. The summed E-state index contributed by atoms with van der Waals surface area (Å²) in [5, 5.41) is 0. The van der Waals surface area contributed by atoms with E-state index in [1.807, 2.05) is 6.41 Å². The Morgan fingerprint density at radius 3 is 2.23 bits per heavy atom. The Morgan fingerprint density at radius 2 is 1.54 bits per heavy atom. The van der Waals surface area contributed by atoms with Crippen LogP contribution in [0.4, 0.5) is 0 Å². The lowest BCUT2D eigenvalue weighted by atomic mass is 10.1. The zero-order valence-corrected chi connectivity index (χ0v) is 8.94. The second kappa shape index (κ2) is 7.25. The Morgan fingerprint density at radius 1 is 0.923 bits per heavy atom. The average molecular weight is 200 g/mol. The van der Waals surface area contributed by atoms with Crippen molar-refractivity contribution < 1.29 is 4.79 Å². The Balaban J connectivity index is 2.22. The average Bonchev–Trinajstić information content (AvgIpc) is 2.22. The summed E-state index contributed by atoms with van der Waals surface area (Å²) in [5.74, 6) is 1.08. The van der Waals surface area contributed by atoms with Gasteiger partial charge in [-0.1, -0.05) is 32.1 Å². The van der Waals surface area contributed by atoms with Crippen molar-refractivity contribution >= 4 is 18.4 Å². The summed E-state index contributed by atoms with van der Waals surface area (Å²) in [5.41, 5.74) is 0. The molecule has 0 atom stereocenters. The van der Waals surface area contributed by atoms with Gasteiger partial charge < -0.3 is 0 Å². The molecule has 0 spiro atoms. The first kappa shape index (κ1) is 10.9. The molecule has 0 aromatic carbocycles. The molecule has 1 amide bonds. The Kier molecular flexibility index (Phi) is 6.07. The second-order valence-corrected chi connectivity index (χ2v) is 4.61. The number of rotatable bonds is 1. The molecule has 1 heterocycles. The molecule has 0 aromatic heterocycles. The van der Waals surface area contributed by atoms with Gasteiger partial charge in [-0.3, -0.25) is 9.10 Å². The zero-order valence-electron chi connectivity index (χ0n) is 8.13. The summed E-state index contributed by atoms with van der Waals surface area (Å²) in [6.07, 6.45) is 11.0. The highest BCUT2D eigenvalue weighted by Gasteiger charge is 2.04. The molecule has 1 saturated heterocycles. The van der Waals surface area contributed by atoms with Crippen LogP contribution in [-0.2, 0) is 4.79 Å². The van der Waals surface area contributed by atoms with Crippen molar-refractivity contribution in [1.29, 1.82) is 0 Å². The van der Waals surface area contributed by atoms with Gasteiger partial charge in [0.15, 0.2) is 0 Å². The highest BCUT2D eigenvalue weighted by molar-refractivity contribution is 7.97. The first-order chi connectivity index (χ1) is 6.43. The summed E-state index contributed by atoms with van der Waals surface area (Å²) in [7, 11) is 0. The monoisotopic (exact) mass is 200 g/mol. The minimum absolute atomic E-state index is 0.883. The zero-order chi connectivity index (χ0) is 9.36. The number of amides is 1. The summed E-state index contributed by atoms with van der Waals surface area (Å²) in [4.78, 5) is 10.5. The lowest BCUT2D eigenvalue weighted by Crippen LogP contribution is -2.15. The standard InChI is InChI=1S/C10H18NOS/c12-10-11-8-6-4-2-1-3-5-7-9-13-11/h1-9H2. The molecule has 1 radical (unpaired) electrons. The summed E-state index contributed by atoms with van der Waals surface area (Å²) >= 11 is 1.64. The lowest BCUT2D eigenvalue weighted by molar-refractivity contribution is 0.489. The van der Waals surface area contributed by atoms with Crippen LogP contribution in [0.2, 0.25) is 0 Å². The fourth-order valence-corrected chi connectivity index (χ4v) is 2.42. The molecule has 0 aromatic rings. The fourth-order valence-electron chi connectivity index (χ4n) is 1.55. The van der Waals surface area contributed by atoms with Crippen molar-refractivity contribution in [1.82, 2.24) is 4.31 Å². The molecular weight excluding hydrogens is 182 g/mol. The molecule has 0 saturated carbocycles. The molecule has 3 heteroatoms. The van der Waals surface area contributed by atoms with Gasteiger partial charge in [0.1, 0.15) is 0 Å². The molecule has 75 valence electrons. The van der Waals surface area contributed by atoms with E-state index in [9.17, 15) is 4.79 Å². The van der Waals surface area contributed by atoms with E-state index in [1.165, 1.54) is 38.5 Å². The minimum Gasteiger partial charge on any atom is -0.278 e. The highest BCUT2D eigenvalue weighted by Crippen LogP contribution is 2.16. The Hall–Kier alpha value is -0.180. The summed E-state index contributed by atoms with van der Waals surface area (Å²) in [6, 6.07) is 0. The topological polar surface area (TPSA) is 20.3 Å². The smallest absolute Gasteiger partial charge is 0.278 e. The number of carbonyl (C=O) groups excluding carboxylic acids is 1. The molecule has 1 aliphatic heterocycles. The number of hydrogen-bond donors (Lipinski definition) is 0. The van der Waals surface area contributed by atoms with Gasteiger partial charge >= 0.3 is 6.41 Å². The van der Waals surface area contributed by atoms with Crippen molar-refractivity contribution in [2.75, 3.05) is 12.3 Å². The summed E-state index contributed by atoms with van der Waals surface area (Å²) < 4.78 is 1.73. The molecule has 0 bridgehead atoms. The van der Waals surface area contributed by atoms with Gasteiger partial charge in [-0.15, -0.1) is 0 Å². The quantitative estimate of drug-likeness (QED) is 0.607. The largest absolute Gasteiger partial charge is 0.322 e. The maximum absolute atomic E-state index is 10.5. The van der Waals surface area contributed by atoms with E-state index in [-0.39, 0.29) is 0 Å². The van der Waals surface area contributed by atoms with Crippen LogP contribution >= 0.6 is 11.9 Å². The van der Waals surface area contributed by atoms with Crippen molar-refractivity contribution in [3.05, 3.63) is 0 Å². The predicted octanol–water partition coefficient (Wildman–Crippen LogP) is 2.75. The molecule has 13 heavy (non-hydrogen) atoms. The predicted molar refractivity (Wildman–Crippen MR) is 57.2 cm³/mol. The van der Waals surface area contributed by atoms with E-state index in [0.29, 0.717) is 0 Å². The van der Waals surface area contributed by atoms with Crippen LogP contribution in [0.3, 0.4) is 0 Å². The normalized spacial score (nSPS) is 22.0. The third-order valence-electron chi connectivity index (χ3n) is 2.35. The van der Waals surface area contributed by atoms with Crippen molar-refractivity contribution in [2.24, 2.45) is 0 Å². The van der Waals surface area contributed by atoms with Crippen LogP contribution in [0.1, 0.15) is 44.9 Å². The molecule has 1 fully saturated rings. The van der Waals surface area contributed by atoms with Crippen LogP contribution in [0.5, 0.6) is 0 Å². The molecular formula is C10H18NOS. The van der Waals surface area contributed by atoms with Crippen molar-refractivity contribution in [3.8, 4) is 0 Å². The lowest BCUT2D eigenvalue weighted by Gasteiger charge is -2.13. The number of hydrogen-bond acceptors (Lipinski definition) is 2. The van der Waals surface area contributed by atoms with Crippen molar-refractivity contribution in [2.45, 2.75) is 44.9 Å². The van der Waals surface area contributed by atoms with Gasteiger partial charge in [0, 0.05) is 12.3 Å². The Labute approximate surface area is 85.2 Å². The van der Waals surface area contributed by atoms with Gasteiger partial charge in [0.25, 0.3) is 0 Å². The van der Waals surface area contributed by atoms with Crippen molar-refractivity contribution in [3.63, 3.8) is 0 Å². The highest BCUT2D eigenvalue weighted by atomic mass is 32.2. The van der Waals surface area contributed by atoms with E-state index >= 15 is 0 Å². The van der Waals surface area contributed by atoms with E-state index in [1.54, 1.807) is 16.3 Å². The molecule has 0 unspecified atom stereocenters. The summed E-state index contributed by atoms with van der Waals surface area (Å²) in [6.45, 7) is 0.883. The SMILES string of the molecule is O=[C]N1CCCCCCCCCS1. The van der Waals surface area contributed by atoms with Crippen LogP contribution in [0.15, 0.2) is 0 Å².